The molecule has 37 heavy (non-hydrogen) atoms. The maximum atomic E-state index is 13.7. The van der Waals surface area contributed by atoms with Crippen molar-refractivity contribution in [2.75, 3.05) is 14.2 Å². The van der Waals surface area contributed by atoms with Crippen LogP contribution in [0.1, 0.15) is 52.0 Å². The van der Waals surface area contributed by atoms with Gasteiger partial charge < -0.3 is 14.6 Å². The van der Waals surface area contributed by atoms with Crippen LogP contribution >= 0.6 is 0 Å². The van der Waals surface area contributed by atoms with E-state index < -0.39 is 29.2 Å². The van der Waals surface area contributed by atoms with Crippen molar-refractivity contribution >= 4 is 23.4 Å². The highest BCUT2D eigenvalue weighted by molar-refractivity contribution is 6.23. The Kier molecular flexibility index (Phi) is 5.69. The van der Waals surface area contributed by atoms with E-state index in [0.717, 1.165) is 5.57 Å². The van der Waals surface area contributed by atoms with Gasteiger partial charge in [-0.3, -0.25) is 24.1 Å². The van der Waals surface area contributed by atoms with Crippen molar-refractivity contribution in [2.24, 2.45) is 17.8 Å². The largest absolute Gasteiger partial charge is 0.502 e. The van der Waals surface area contributed by atoms with Crippen molar-refractivity contribution in [1.29, 1.82) is 0 Å². The highest BCUT2D eigenvalue weighted by atomic mass is 16.5. The number of amides is 2. The van der Waals surface area contributed by atoms with Crippen LogP contribution in [0, 0.1) is 17.8 Å². The van der Waals surface area contributed by atoms with E-state index in [1.807, 2.05) is 26.8 Å². The second-order valence-electron chi connectivity index (χ2n) is 11.2. The highest BCUT2D eigenvalue weighted by Crippen LogP contribution is 2.56. The number of imide groups is 1. The third-order valence-corrected chi connectivity index (χ3v) is 8.07. The quantitative estimate of drug-likeness (QED) is 0.379. The molecule has 8 heteroatoms. The van der Waals surface area contributed by atoms with Crippen LogP contribution in [0.5, 0.6) is 17.2 Å². The predicted molar refractivity (Wildman–Crippen MR) is 134 cm³/mol. The molecule has 2 amide bonds. The molecule has 0 spiro atoms. The fraction of sp³-hybridized carbons (Fsp3) is 0.448. The number of likely N-dealkylation sites (tertiary alicyclic amines) is 1. The number of phenols is 1. The Morgan fingerprint density at radius 2 is 1.59 bits per heavy atom. The summed E-state index contributed by atoms with van der Waals surface area (Å²) >= 11 is 0. The molecule has 4 aliphatic rings. The second kappa shape index (κ2) is 8.43. The number of carbonyl (C=O) groups is 4. The van der Waals surface area contributed by atoms with Crippen LogP contribution in [0.4, 0.5) is 0 Å². The van der Waals surface area contributed by atoms with Crippen molar-refractivity contribution in [3.63, 3.8) is 0 Å². The molecule has 1 N–H and O–H groups in total. The lowest BCUT2D eigenvalue weighted by Crippen LogP contribution is -2.46. The zero-order valence-corrected chi connectivity index (χ0v) is 21.9. The number of fused-ring (bicyclic) bond motifs is 3. The van der Waals surface area contributed by atoms with Gasteiger partial charge >= 0.3 is 0 Å². The normalized spacial score (nSPS) is 27.5. The van der Waals surface area contributed by atoms with E-state index in [9.17, 15) is 24.3 Å². The summed E-state index contributed by atoms with van der Waals surface area (Å²) in [5.74, 6) is -2.92. The van der Waals surface area contributed by atoms with E-state index >= 15 is 0 Å². The van der Waals surface area contributed by atoms with Gasteiger partial charge in [0.15, 0.2) is 23.1 Å². The van der Waals surface area contributed by atoms with E-state index in [-0.39, 0.29) is 47.1 Å². The van der Waals surface area contributed by atoms with Crippen LogP contribution in [0.2, 0.25) is 0 Å². The average molecular weight is 506 g/mol. The topological polar surface area (TPSA) is 110 Å². The number of rotatable bonds is 3. The molecule has 0 bridgehead atoms. The number of carbonyl (C=O) groups excluding carboxylic acids is 4. The summed E-state index contributed by atoms with van der Waals surface area (Å²) in [6.45, 7) is 7.13. The van der Waals surface area contributed by atoms with Crippen LogP contribution < -0.4 is 9.47 Å². The Hall–Kier alpha value is -3.68. The number of ether oxygens (including phenoxy) is 2. The Bertz CT molecular complexity index is 1330. The minimum atomic E-state index is -0.669. The van der Waals surface area contributed by atoms with Gasteiger partial charge in [-0.2, -0.15) is 0 Å². The maximum Gasteiger partial charge on any atom is 0.234 e. The average Bonchev–Trinajstić information content (AvgIpc) is 3.11. The number of phenolic OH excluding ortho intramolecular Hbond substituents is 1. The summed E-state index contributed by atoms with van der Waals surface area (Å²) in [4.78, 5) is 55.2. The standard InChI is InChI=1S/C29H31NO7/c1-13-9-19(31)24-18(25(13)32)12-17-15(22(24)14-10-20(36-5)26(33)21(11-14)37-6)7-8-16-23(17)28(35)30(27(16)34)29(2,3)4/h7,9-11,16-17,22-23,33H,8,12H2,1-6H3/t16-,17+,22-,23-/m0/s1. The minimum absolute atomic E-state index is 0.167. The molecule has 0 saturated carbocycles. The zero-order valence-electron chi connectivity index (χ0n) is 21.9. The third kappa shape index (κ3) is 3.56. The van der Waals surface area contributed by atoms with Gasteiger partial charge in [0.1, 0.15) is 0 Å². The van der Waals surface area contributed by atoms with Crippen LogP contribution in [0.15, 0.2) is 46.6 Å². The molecule has 1 heterocycles. The maximum absolute atomic E-state index is 13.7. The predicted octanol–water partition coefficient (Wildman–Crippen LogP) is 3.64. The van der Waals surface area contributed by atoms with Gasteiger partial charge in [0, 0.05) is 28.2 Å². The summed E-state index contributed by atoms with van der Waals surface area (Å²) in [6, 6.07) is 3.27. The lowest BCUT2D eigenvalue weighted by Gasteiger charge is -2.42. The van der Waals surface area contributed by atoms with Crippen molar-refractivity contribution in [3.05, 3.63) is 52.1 Å². The number of ketones is 2. The molecule has 0 radical (unpaired) electrons. The molecular formula is C29H31NO7. The Morgan fingerprint density at radius 3 is 2.16 bits per heavy atom. The number of hydrogen-bond donors (Lipinski definition) is 1. The number of allylic oxidation sites excluding steroid dienone is 6. The Morgan fingerprint density at radius 1 is 0.973 bits per heavy atom. The van der Waals surface area contributed by atoms with Crippen LogP contribution in [0.3, 0.4) is 0 Å². The molecule has 1 saturated heterocycles. The van der Waals surface area contributed by atoms with E-state index in [2.05, 4.69) is 0 Å². The molecule has 8 nitrogen and oxygen atoms in total. The second-order valence-corrected chi connectivity index (χ2v) is 11.2. The molecule has 5 rings (SSSR count). The molecule has 0 aromatic heterocycles. The molecule has 1 fully saturated rings. The van der Waals surface area contributed by atoms with E-state index in [1.54, 1.807) is 19.1 Å². The molecule has 3 aliphatic carbocycles. The fourth-order valence-corrected chi connectivity index (χ4v) is 6.50. The first kappa shape index (κ1) is 25.0. The lowest BCUT2D eigenvalue weighted by molar-refractivity contribution is -0.145. The Balaban J connectivity index is 1.72. The lowest BCUT2D eigenvalue weighted by atomic mass is 9.59. The first-order valence-electron chi connectivity index (χ1n) is 12.4. The summed E-state index contributed by atoms with van der Waals surface area (Å²) in [6.07, 6.45) is 3.92. The van der Waals surface area contributed by atoms with Gasteiger partial charge in [-0.1, -0.05) is 11.6 Å². The van der Waals surface area contributed by atoms with Crippen LogP contribution in [0.25, 0.3) is 0 Å². The first-order valence-corrected chi connectivity index (χ1v) is 12.4. The number of Topliss-reactive ketones (excluding diaryl/α,β-unsaturated/α-hetero) is 1. The fourth-order valence-electron chi connectivity index (χ4n) is 6.50. The molecule has 1 aliphatic heterocycles. The zero-order chi connectivity index (χ0) is 27.0. The smallest absolute Gasteiger partial charge is 0.234 e. The number of methoxy groups -OCH3 is 2. The summed E-state index contributed by atoms with van der Waals surface area (Å²) in [7, 11) is 2.84. The molecule has 194 valence electrons. The van der Waals surface area contributed by atoms with Crippen LogP contribution in [-0.2, 0) is 19.2 Å². The van der Waals surface area contributed by atoms with E-state index in [0.29, 0.717) is 28.7 Å². The summed E-state index contributed by atoms with van der Waals surface area (Å²) in [5.41, 5.74) is 1.88. The van der Waals surface area contributed by atoms with Gasteiger partial charge in [-0.25, -0.2) is 0 Å². The molecule has 0 unspecified atom stereocenters. The summed E-state index contributed by atoms with van der Waals surface area (Å²) in [5, 5.41) is 10.5. The molecular weight excluding hydrogens is 474 g/mol. The number of nitrogens with zero attached hydrogens (tertiary/aromatic N) is 1. The molecule has 4 atom stereocenters. The Labute approximate surface area is 215 Å². The van der Waals surface area contributed by atoms with Crippen molar-refractivity contribution < 1.29 is 33.8 Å². The van der Waals surface area contributed by atoms with Crippen molar-refractivity contribution in [2.45, 2.75) is 52.0 Å². The van der Waals surface area contributed by atoms with Gasteiger partial charge in [0.2, 0.25) is 17.6 Å². The SMILES string of the molecule is COc1cc([C@H]2C3=CC[C@@H]4C(=O)N(C(C)(C)C)C(=O)[C@@H]4[C@@H]3CC3=C2C(=O)C=C(C)C3=O)cc(OC)c1O. The first-order chi connectivity index (χ1) is 17.4. The number of hydrogen-bond acceptors (Lipinski definition) is 7. The summed E-state index contributed by atoms with van der Waals surface area (Å²) < 4.78 is 10.7. The monoisotopic (exact) mass is 505 g/mol. The van der Waals surface area contributed by atoms with Gasteiger partial charge in [-0.15, -0.1) is 0 Å². The third-order valence-electron chi connectivity index (χ3n) is 8.07. The number of benzene rings is 1. The van der Waals surface area contributed by atoms with Crippen molar-refractivity contribution in [1.82, 2.24) is 4.90 Å². The van der Waals surface area contributed by atoms with Gasteiger partial charge in [0.25, 0.3) is 0 Å². The minimum Gasteiger partial charge on any atom is -0.502 e. The molecule has 1 aromatic rings. The highest BCUT2D eigenvalue weighted by Gasteiger charge is 2.58. The number of aromatic hydroxyl groups is 1. The van der Waals surface area contributed by atoms with Crippen molar-refractivity contribution in [3.8, 4) is 17.2 Å². The van der Waals surface area contributed by atoms with Gasteiger partial charge in [0.05, 0.1) is 26.1 Å². The molecule has 1 aromatic carbocycles. The van der Waals surface area contributed by atoms with Crippen LogP contribution in [-0.4, -0.2) is 53.1 Å². The van der Waals surface area contributed by atoms with E-state index in [1.165, 1.54) is 25.2 Å². The van der Waals surface area contributed by atoms with Gasteiger partial charge in [-0.05, 0) is 70.2 Å². The van der Waals surface area contributed by atoms with E-state index in [4.69, 9.17) is 9.47 Å².